The van der Waals surface area contributed by atoms with E-state index in [0.29, 0.717) is 13.0 Å². The third kappa shape index (κ3) is 5.43. The Morgan fingerprint density at radius 2 is 1.80 bits per heavy atom. The van der Waals surface area contributed by atoms with Crippen molar-refractivity contribution in [3.63, 3.8) is 0 Å². The fourth-order valence-electron chi connectivity index (χ4n) is 5.23. The first-order valence-corrected chi connectivity index (χ1v) is 12.7. The van der Waals surface area contributed by atoms with E-state index >= 15 is 0 Å². The second kappa shape index (κ2) is 10.7. The quantitative estimate of drug-likeness (QED) is 0.376. The van der Waals surface area contributed by atoms with Crippen LogP contribution in [0.5, 0.6) is 11.5 Å². The average Bonchev–Trinajstić information content (AvgIpc) is 3.22. The lowest BCUT2D eigenvalue weighted by Crippen LogP contribution is -2.26. The summed E-state index contributed by atoms with van der Waals surface area (Å²) in [6.45, 7) is 7.31. The second-order valence-corrected chi connectivity index (χ2v) is 9.72. The van der Waals surface area contributed by atoms with E-state index in [1.54, 1.807) is 0 Å². The molecule has 1 fully saturated rings. The molecule has 3 nitrogen and oxygen atoms in total. The number of ether oxygens (including phenoxy) is 2. The molecule has 2 aliphatic heterocycles. The van der Waals surface area contributed by atoms with Crippen molar-refractivity contribution in [2.24, 2.45) is 0 Å². The molecule has 5 rings (SSSR count). The highest BCUT2D eigenvalue weighted by atomic mass is 19.1. The van der Waals surface area contributed by atoms with Crippen LogP contribution in [0.1, 0.15) is 47.1 Å². The number of rotatable bonds is 7. The van der Waals surface area contributed by atoms with E-state index in [0.717, 1.165) is 49.5 Å². The topological polar surface area (TPSA) is 21.7 Å². The van der Waals surface area contributed by atoms with Gasteiger partial charge >= 0.3 is 0 Å². The van der Waals surface area contributed by atoms with Gasteiger partial charge in [0.1, 0.15) is 17.6 Å². The normalized spacial score (nSPS) is 18.2. The minimum absolute atomic E-state index is 0.164. The molecule has 3 aromatic rings. The van der Waals surface area contributed by atoms with Gasteiger partial charge in [-0.3, -0.25) is 9.29 Å². The molecule has 0 aromatic heterocycles. The largest absolute Gasteiger partial charge is 0.493 e. The molecule has 0 N–H and O–H groups in total. The fraction of sp³-hybridized carbons (Fsp3) is 0.355. The summed E-state index contributed by atoms with van der Waals surface area (Å²) in [5.41, 5.74) is 8.54. The van der Waals surface area contributed by atoms with Gasteiger partial charge in [-0.1, -0.05) is 54.1 Å². The third-order valence-electron chi connectivity index (χ3n) is 6.97. The van der Waals surface area contributed by atoms with Crippen LogP contribution in [0.25, 0.3) is 11.1 Å². The molecular formula is C31H34FNO2. The Kier molecular flexibility index (Phi) is 7.19. The predicted octanol–water partition coefficient (Wildman–Crippen LogP) is 6.86. The third-order valence-corrected chi connectivity index (χ3v) is 6.97. The van der Waals surface area contributed by atoms with Gasteiger partial charge in [0.2, 0.25) is 0 Å². The highest BCUT2D eigenvalue weighted by Gasteiger charge is 2.24. The molecule has 0 aliphatic carbocycles. The molecule has 0 unspecified atom stereocenters. The number of alkyl halides is 1. The van der Waals surface area contributed by atoms with E-state index in [9.17, 15) is 4.39 Å². The summed E-state index contributed by atoms with van der Waals surface area (Å²) >= 11 is 0. The number of nitrogens with zero attached hydrogens (tertiary/aromatic N) is 1. The highest BCUT2D eigenvalue weighted by Crippen LogP contribution is 2.41. The molecule has 1 saturated heterocycles. The molecule has 2 heterocycles. The van der Waals surface area contributed by atoms with Crippen LogP contribution in [0.2, 0.25) is 0 Å². The van der Waals surface area contributed by atoms with Crippen molar-refractivity contribution in [1.29, 1.82) is 0 Å². The summed E-state index contributed by atoms with van der Waals surface area (Å²) in [7, 11) is 0. The second-order valence-electron chi connectivity index (χ2n) is 9.72. The zero-order valence-corrected chi connectivity index (χ0v) is 20.7. The monoisotopic (exact) mass is 471 g/mol. The Morgan fingerprint density at radius 1 is 0.971 bits per heavy atom. The summed E-state index contributed by atoms with van der Waals surface area (Å²) in [6, 6.07) is 23.7. The maximum Gasteiger partial charge on any atom is 0.127 e. The Labute approximate surface area is 208 Å². The average molecular weight is 472 g/mol. The molecule has 1 atom stereocenters. The first-order valence-electron chi connectivity index (χ1n) is 12.7. The van der Waals surface area contributed by atoms with Crippen molar-refractivity contribution < 1.29 is 13.9 Å². The number of aryl methyl sites for hydroxylation is 2. The van der Waals surface area contributed by atoms with Crippen molar-refractivity contribution in [1.82, 2.24) is 4.90 Å². The molecule has 35 heavy (non-hydrogen) atoms. The smallest absolute Gasteiger partial charge is 0.127 e. The van der Waals surface area contributed by atoms with Crippen molar-refractivity contribution in [3.05, 3.63) is 94.5 Å². The van der Waals surface area contributed by atoms with Crippen molar-refractivity contribution >= 4 is 11.1 Å². The van der Waals surface area contributed by atoms with Gasteiger partial charge in [-0.05, 0) is 72.7 Å². The Morgan fingerprint density at radius 3 is 2.60 bits per heavy atom. The zero-order valence-electron chi connectivity index (χ0n) is 20.7. The number of hydrogen-bond donors (Lipinski definition) is 0. The lowest BCUT2D eigenvalue weighted by atomic mass is 9.87. The molecule has 3 aromatic carbocycles. The van der Waals surface area contributed by atoms with Crippen LogP contribution < -0.4 is 9.47 Å². The van der Waals surface area contributed by atoms with E-state index in [1.165, 1.54) is 33.4 Å². The number of hydrogen-bond acceptors (Lipinski definition) is 3. The zero-order chi connectivity index (χ0) is 24.2. The van der Waals surface area contributed by atoms with Gasteiger partial charge in [0.05, 0.1) is 13.3 Å². The van der Waals surface area contributed by atoms with Gasteiger partial charge in [-0.15, -0.1) is 0 Å². The molecule has 0 bridgehead atoms. The maximum absolute atomic E-state index is 12.5. The van der Waals surface area contributed by atoms with Crippen LogP contribution in [-0.2, 0) is 0 Å². The van der Waals surface area contributed by atoms with Gasteiger partial charge in [-0.25, -0.2) is 0 Å². The van der Waals surface area contributed by atoms with Gasteiger partial charge < -0.3 is 9.47 Å². The molecular weight excluding hydrogens is 437 g/mol. The molecule has 2 aliphatic rings. The molecule has 0 saturated carbocycles. The number of halogens is 1. The van der Waals surface area contributed by atoms with Crippen molar-refractivity contribution in [3.8, 4) is 11.5 Å². The van der Waals surface area contributed by atoms with E-state index in [1.807, 2.05) is 0 Å². The minimum Gasteiger partial charge on any atom is -0.493 e. The number of likely N-dealkylation sites (tertiary alicyclic amines) is 1. The molecule has 182 valence electrons. The van der Waals surface area contributed by atoms with E-state index in [2.05, 4.69) is 85.5 Å². The first kappa shape index (κ1) is 23.6. The minimum atomic E-state index is -0.252. The predicted molar refractivity (Wildman–Crippen MR) is 141 cm³/mol. The summed E-state index contributed by atoms with van der Waals surface area (Å²) in [5, 5.41) is 0. The van der Waals surface area contributed by atoms with Gasteiger partial charge in [-0.2, -0.15) is 0 Å². The fourth-order valence-corrected chi connectivity index (χ4v) is 5.23. The Balaban J connectivity index is 1.47. The number of benzene rings is 3. The lowest BCUT2D eigenvalue weighted by molar-refractivity contribution is 0.198. The Hall–Kier alpha value is -3.11. The summed E-state index contributed by atoms with van der Waals surface area (Å²) in [4.78, 5) is 2.29. The molecule has 0 radical (unpaired) electrons. The molecule has 4 heteroatoms. The lowest BCUT2D eigenvalue weighted by Gasteiger charge is -2.18. The number of fused-ring (bicyclic) bond motifs is 1. The van der Waals surface area contributed by atoms with Gasteiger partial charge in [0, 0.05) is 31.6 Å². The van der Waals surface area contributed by atoms with Crippen LogP contribution in [0.4, 0.5) is 4.39 Å². The van der Waals surface area contributed by atoms with Crippen LogP contribution in [0.15, 0.2) is 66.7 Å². The van der Waals surface area contributed by atoms with Crippen molar-refractivity contribution in [2.45, 2.75) is 39.2 Å². The van der Waals surface area contributed by atoms with Crippen LogP contribution in [0, 0.1) is 13.8 Å². The van der Waals surface area contributed by atoms with Crippen molar-refractivity contribution in [2.75, 3.05) is 32.9 Å². The van der Waals surface area contributed by atoms with Crippen LogP contribution >= 0.6 is 0 Å². The highest BCUT2D eigenvalue weighted by molar-refractivity contribution is 6.00. The van der Waals surface area contributed by atoms with Crippen LogP contribution in [0.3, 0.4) is 0 Å². The summed E-state index contributed by atoms with van der Waals surface area (Å²) in [6.07, 6.45) is 2.60. The van der Waals surface area contributed by atoms with Crippen LogP contribution in [-0.4, -0.2) is 43.9 Å². The molecule has 0 spiro atoms. The van der Waals surface area contributed by atoms with E-state index in [4.69, 9.17) is 9.47 Å². The maximum atomic E-state index is 12.5. The van der Waals surface area contributed by atoms with Gasteiger partial charge in [0.25, 0.3) is 0 Å². The standard InChI is InChI=1S/C31H34FNO2/c1-22-5-3-6-25(19-22)28-14-18-34-30-20-23(2)7-12-29(30)31(28)24-8-10-26(11-9-24)35-27-13-17-33(21-27)16-4-15-32/h3,5-12,19-20,27H,4,13-18,21H2,1-2H3/t27-/m0/s1. The van der Waals surface area contributed by atoms with E-state index in [-0.39, 0.29) is 12.8 Å². The Bertz CT molecular complexity index is 1200. The molecule has 0 amide bonds. The van der Waals surface area contributed by atoms with E-state index < -0.39 is 0 Å². The SMILES string of the molecule is Cc1cccc(C2=C(c3ccc(O[C@H]4CCN(CCCF)C4)cc3)c3ccc(C)cc3OCC2)c1. The van der Waals surface area contributed by atoms with Gasteiger partial charge in [0.15, 0.2) is 0 Å². The summed E-state index contributed by atoms with van der Waals surface area (Å²) in [5.74, 6) is 1.83. The summed E-state index contributed by atoms with van der Waals surface area (Å²) < 4.78 is 25.0. The first-order chi connectivity index (χ1) is 17.1.